The number of nitrogens with zero attached hydrogens (tertiary/aromatic N) is 5. The van der Waals surface area contributed by atoms with Gasteiger partial charge in [0.2, 0.25) is 0 Å². The molecule has 3 rings (SSSR count). The number of anilines is 3. The zero-order chi connectivity index (χ0) is 19.6. The van der Waals surface area contributed by atoms with Gasteiger partial charge in [-0.05, 0) is 31.5 Å². The third kappa shape index (κ3) is 4.45. The molecule has 144 valence electrons. The normalized spacial score (nSPS) is 14.3. The summed E-state index contributed by atoms with van der Waals surface area (Å²) < 4.78 is 13.6. The van der Waals surface area contributed by atoms with Gasteiger partial charge in [0.05, 0.1) is 0 Å². The molecular weight excluding hydrogens is 347 g/mol. The molecule has 0 saturated carbocycles. The van der Waals surface area contributed by atoms with Gasteiger partial charge in [0.1, 0.15) is 23.3 Å². The summed E-state index contributed by atoms with van der Waals surface area (Å²) in [7, 11) is 3.89. The van der Waals surface area contributed by atoms with E-state index in [2.05, 4.69) is 20.2 Å². The molecule has 1 aliphatic heterocycles. The van der Waals surface area contributed by atoms with Gasteiger partial charge < -0.3 is 20.0 Å². The Morgan fingerprint density at radius 2 is 1.81 bits per heavy atom. The molecule has 1 fully saturated rings. The Labute approximate surface area is 158 Å². The summed E-state index contributed by atoms with van der Waals surface area (Å²) in [6.45, 7) is 6.07. The third-order valence-electron chi connectivity index (χ3n) is 4.58. The van der Waals surface area contributed by atoms with Crippen molar-refractivity contribution in [1.82, 2.24) is 14.9 Å². The van der Waals surface area contributed by atoms with E-state index in [1.807, 2.05) is 32.0 Å². The van der Waals surface area contributed by atoms with Crippen molar-refractivity contribution in [1.29, 1.82) is 0 Å². The Balaban J connectivity index is 1.61. The van der Waals surface area contributed by atoms with Crippen molar-refractivity contribution in [2.45, 2.75) is 13.8 Å². The van der Waals surface area contributed by atoms with Crippen LogP contribution < -0.4 is 15.1 Å². The van der Waals surface area contributed by atoms with Gasteiger partial charge in [-0.15, -0.1) is 0 Å². The molecule has 1 N–H and O–H groups in total. The summed E-state index contributed by atoms with van der Waals surface area (Å²) in [6.07, 6.45) is 0. The first-order valence-corrected chi connectivity index (χ1v) is 8.93. The van der Waals surface area contributed by atoms with Crippen LogP contribution in [-0.4, -0.2) is 61.2 Å². The van der Waals surface area contributed by atoms with Crippen LogP contribution in [0.1, 0.15) is 11.4 Å². The summed E-state index contributed by atoms with van der Waals surface area (Å²) in [4.78, 5) is 27.2. The number of carbonyl (C=O) groups excluding carboxylic acids is 1. The first-order chi connectivity index (χ1) is 12.8. The fourth-order valence-electron chi connectivity index (χ4n) is 2.94. The second-order valence-corrected chi connectivity index (χ2v) is 6.89. The number of aryl methyl sites for hydroxylation is 2. The van der Waals surface area contributed by atoms with Gasteiger partial charge in [-0.3, -0.25) is 0 Å². The van der Waals surface area contributed by atoms with E-state index in [-0.39, 0.29) is 11.8 Å². The second kappa shape index (κ2) is 7.77. The quantitative estimate of drug-likeness (QED) is 0.897. The maximum Gasteiger partial charge on any atom is 0.321 e. The van der Waals surface area contributed by atoms with Crippen molar-refractivity contribution in [2.75, 3.05) is 55.4 Å². The molecule has 2 heterocycles. The zero-order valence-electron chi connectivity index (χ0n) is 16.2. The van der Waals surface area contributed by atoms with Crippen LogP contribution in [0.4, 0.5) is 26.5 Å². The van der Waals surface area contributed by atoms with Crippen LogP contribution in [0.2, 0.25) is 0 Å². The summed E-state index contributed by atoms with van der Waals surface area (Å²) in [6, 6.07) is 6.45. The molecule has 0 unspecified atom stereocenters. The molecule has 0 aliphatic carbocycles. The van der Waals surface area contributed by atoms with E-state index in [1.165, 1.54) is 6.07 Å². The fourth-order valence-corrected chi connectivity index (χ4v) is 2.94. The van der Waals surface area contributed by atoms with Crippen molar-refractivity contribution in [3.8, 4) is 0 Å². The van der Waals surface area contributed by atoms with Gasteiger partial charge in [0.15, 0.2) is 0 Å². The van der Waals surface area contributed by atoms with Crippen molar-refractivity contribution in [3.05, 3.63) is 41.5 Å². The molecule has 2 aromatic rings. The van der Waals surface area contributed by atoms with Crippen LogP contribution in [0, 0.1) is 19.7 Å². The van der Waals surface area contributed by atoms with Crippen molar-refractivity contribution < 1.29 is 9.18 Å². The molecule has 0 spiro atoms. The largest absolute Gasteiger partial charge is 0.363 e. The number of urea groups is 1. The van der Waals surface area contributed by atoms with Crippen LogP contribution in [0.5, 0.6) is 0 Å². The predicted molar refractivity (Wildman–Crippen MR) is 105 cm³/mol. The van der Waals surface area contributed by atoms with E-state index in [0.29, 0.717) is 37.4 Å². The molecule has 27 heavy (non-hydrogen) atoms. The molecule has 1 aromatic heterocycles. The van der Waals surface area contributed by atoms with Crippen LogP contribution in [0.25, 0.3) is 0 Å². The smallest absolute Gasteiger partial charge is 0.321 e. The molecule has 1 aromatic carbocycles. The first kappa shape index (κ1) is 18.9. The highest BCUT2D eigenvalue weighted by Gasteiger charge is 2.23. The highest BCUT2D eigenvalue weighted by atomic mass is 19.1. The van der Waals surface area contributed by atoms with E-state index in [9.17, 15) is 9.18 Å². The Hall–Kier alpha value is -2.90. The van der Waals surface area contributed by atoms with E-state index in [1.54, 1.807) is 24.0 Å². The highest BCUT2D eigenvalue weighted by molar-refractivity contribution is 5.89. The monoisotopic (exact) mass is 372 g/mol. The molecule has 1 aliphatic rings. The fraction of sp³-hybridized carbons (Fsp3) is 0.421. The second-order valence-electron chi connectivity index (χ2n) is 6.89. The zero-order valence-corrected chi connectivity index (χ0v) is 16.2. The number of hydrogen-bond donors (Lipinski definition) is 1. The van der Waals surface area contributed by atoms with E-state index < -0.39 is 0 Å². The maximum absolute atomic E-state index is 13.6. The van der Waals surface area contributed by atoms with Gasteiger partial charge in [-0.2, -0.15) is 0 Å². The minimum atomic E-state index is -0.326. The first-order valence-electron chi connectivity index (χ1n) is 8.93. The molecule has 0 atom stereocenters. The number of piperazine rings is 1. The average molecular weight is 372 g/mol. The molecule has 7 nitrogen and oxygen atoms in total. The van der Waals surface area contributed by atoms with Gasteiger partial charge in [0.25, 0.3) is 0 Å². The average Bonchev–Trinajstić information content (AvgIpc) is 2.64. The van der Waals surface area contributed by atoms with Crippen LogP contribution in [0.3, 0.4) is 0 Å². The number of hydrogen-bond acceptors (Lipinski definition) is 5. The number of benzene rings is 1. The SMILES string of the molecule is Cc1nc(N(C)C)cc(N2CCN(C(=O)Nc3ccc(C)c(F)c3)CC2)n1. The predicted octanol–water partition coefficient (Wildman–Crippen LogP) is 2.65. The maximum atomic E-state index is 13.6. The molecular formula is C19H25FN6O. The number of nitrogens with one attached hydrogen (secondary N) is 1. The van der Waals surface area contributed by atoms with Gasteiger partial charge >= 0.3 is 6.03 Å². The topological polar surface area (TPSA) is 64.6 Å². The Kier molecular flexibility index (Phi) is 5.43. The molecule has 0 radical (unpaired) electrons. The molecule has 0 bridgehead atoms. The summed E-state index contributed by atoms with van der Waals surface area (Å²) in [5.41, 5.74) is 1.02. The van der Waals surface area contributed by atoms with Crippen molar-refractivity contribution >= 4 is 23.4 Å². The highest BCUT2D eigenvalue weighted by Crippen LogP contribution is 2.20. The lowest BCUT2D eigenvalue weighted by Crippen LogP contribution is -2.50. The Morgan fingerprint density at radius 3 is 2.44 bits per heavy atom. The number of aromatic nitrogens is 2. The number of halogens is 1. The lowest BCUT2D eigenvalue weighted by Gasteiger charge is -2.35. The summed E-state index contributed by atoms with van der Waals surface area (Å²) in [5, 5.41) is 2.76. The van der Waals surface area contributed by atoms with Crippen LogP contribution in [-0.2, 0) is 0 Å². The van der Waals surface area contributed by atoms with Gasteiger partial charge in [0, 0.05) is 52.0 Å². The number of rotatable bonds is 3. The van der Waals surface area contributed by atoms with Crippen molar-refractivity contribution in [3.63, 3.8) is 0 Å². The number of amides is 2. The van der Waals surface area contributed by atoms with E-state index in [4.69, 9.17) is 0 Å². The molecule has 1 saturated heterocycles. The van der Waals surface area contributed by atoms with Gasteiger partial charge in [-0.25, -0.2) is 19.2 Å². The lowest BCUT2D eigenvalue weighted by molar-refractivity contribution is 0.208. The Morgan fingerprint density at radius 1 is 1.11 bits per heavy atom. The standard InChI is InChI=1S/C19H25FN6O/c1-13-5-6-15(11-16(13)20)23-19(27)26-9-7-25(8-10-26)18-12-17(24(3)4)21-14(2)22-18/h5-6,11-12H,7-10H2,1-4H3,(H,23,27). The van der Waals surface area contributed by atoms with E-state index >= 15 is 0 Å². The van der Waals surface area contributed by atoms with Crippen LogP contribution in [0.15, 0.2) is 24.3 Å². The summed E-state index contributed by atoms with van der Waals surface area (Å²) >= 11 is 0. The number of carbonyl (C=O) groups is 1. The third-order valence-corrected chi connectivity index (χ3v) is 4.58. The Bertz CT molecular complexity index is 833. The minimum Gasteiger partial charge on any atom is -0.363 e. The van der Waals surface area contributed by atoms with E-state index in [0.717, 1.165) is 17.5 Å². The minimum absolute atomic E-state index is 0.217. The van der Waals surface area contributed by atoms with Crippen LogP contribution >= 0.6 is 0 Å². The van der Waals surface area contributed by atoms with Crippen molar-refractivity contribution in [2.24, 2.45) is 0 Å². The van der Waals surface area contributed by atoms with Gasteiger partial charge in [-0.1, -0.05) is 6.07 Å². The lowest BCUT2D eigenvalue weighted by atomic mass is 10.2. The molecule has 8 heteroatoms. The molecule has 2 amide bonds. The summed E-state index contributed by atoms with van der Waals surface area (Å²) in [5.74, 6) is 2.12.